The Hall–Kier alpha value is -3.67. The minimum Gasteiger partial charge on any atom is -0.494 e. The third kappa shape index (κ3) is 4.75. The van der Waals surface area contributed by atoms with E-state index in [1.807, 2.05) is 32.0 Å². The van der Waals surface area contributed by atoms with Gasteiger partial charge in [-0.05, 0) is 31.0 Å². The summed E-state index contributed by atoms with van der Waals surface area (Å²) in [5, 5.41) is 12.7. The zero-order valence-corrected chi connectivity index (χ0v) is 19.3. The van der Waals surface area contributed by atoms with E-state index in [0.717, 1.165) is 12.4 Å². The SMILES string of the molecule is COc1cccc(OC)c1-n1c(NSC(C)Cc2ncc(F)cn2)nnc1-c1conc1C. The maximum Gasteiger partial charge on any atom is 0.239 e. The highest BCUT2D eigenvalue weighted by Crippen LogP contribution is 2.38. The molecule has 1 N–H and O–H groups in total. The van der Waals surface area contributed by atoms with Crippen LogP contribution in [0.15, 0.2) is 41.4 Å². The fraction of sp³-hybridized carbons (Fsp3) is 0.286. The molecule has 0 aliphatic carbocycles. The number of hydrogen-bond acceptors (Lipinski definition) is 10. The minimum absolute atomic E-state index is 0.0425. The first-order valence-electron chi connectivity index (χ1n) is 9.98. The highest BCUT2D eigenvalue weighted by atomic mass is 32.2. The highest BCUT2D eigenvalue weighted by molar-refractivity contribution is 8.01. The van der Waals surface area contributed by atoms with E-state index in [0.29, 0.717) is 52.5 Å². The molecule has 3 aromatic heterocycles. The van der Waals surface area contributed by atoms with Gasteiger partial charge in [0.25, 0.3) is 0 Å². The van der Waals surface area contributed by atoms with E-state index in [4.69, 9.17) is 14.0 Å². The van der Waals surface area contributed by atoms with Crippen molar-refractivity contribution in [1.82, 2.24) is 29.9 Å². The molecule has 4 aromatic rings. The molecule has 0 saturated heterocycles. The Balaban J connectivity index is 1.69. The largest absolute Gasteiger partial charge is 0.494 e. The van der Waals surface area contributed by atoms with E-state index in [9.17, 15) is 4.39 Å². The summed E-state index contributed by atoms with van der Waals surface area (Å²) in [4.78, 5) is 8.04. The van der Waals surface area contributed by atoms with Crippen LogP contribution in [0.5, 0.6) is 11.5 Å². The van der Waals surface area contributed by atoms with Crippen molar-refractivity contribution in [1.29, 1.82) is 0 Å². The average molecular weight is 472 g/mol. The second-order valence-electron chi connectivity index (χ2n) is 7.06. The number of methoxy groups -OCH3 is 2. The summed E-state index contributed by atoms with van der Waals surface area (Å²) in [5.41, 5.74) is 1.97. The van der Waals surface area contributed by atoms with Crippen LogP contribution >= 0.6 is 11.9 Å². The van der Waals surface area contributed by atoms with E-state index in [1.165, 1.54) is 18.2 Å². The predicted molar refractivity (Wildman–Crippen MR) is 121 cm³/mol. The fourth-order valence-electron chi connectivity index (χ4n) is 3.19. The Bertz CT molecular complexity index is 1210. The number of nitrogens with zero attached hydrogens (tertiary/aromatic N) is 6. The lowest BCUT2D eigenvalue weighted by Crippen LogP contribution is -2.11. The first kappa shape index (κ1) is 22.5. The molecule has 0 amide bonds. The van der Waals surface area contributed by atoms with Crippen LogP contribution in [-0.4, -0.2) is 49.4 Å². The molecule has 0 aliphatic heterocycles. The van der Waals surface area contributed by atoms with Crippen molar-refractivity contribution in [3.63, 3.8) is 0 Å². The van der Waals surface area contributed by atoms with Crippen molar-refractivity contribution in [3.05, 3.63) is 54.2 Å². The van der Waals surface area contributed by atoms with Crippen molar-refractivity contribution in [2.24, 2.45) is 0 Å². The number of para-hydroxylation sites is 1. The van der Waals surface area contributed by atoms with Gasteiger partial charge in [-0.25, -0.2) is 14.4 Å². The molecular formula is C21H22FN7O3S. The average Bonchev–Trinajstić information content (AvgIpc) is 3.43. The normalized spacial score (nSPS) is 11.9. The van der Waals surface area contributed by atoms with Crippen molar-refractivity contribution in [2.75, 3.05) is 18.9 Å². The van der Waals surface area contributed by atoms with Crippen molar-refractivity contribution in [3.8, 4) is 28.6 Å². The van der Waals surface area contributed by atoms with Gasteiger partial charge in [0.15, 0.2) is 11.6 Å². The van der Waals surface area contributed by atoms with Crippen LogP contribution in [-0.2, 0) is 6.42 Å². The molecular weight excluding hydrogens is 449 g/mol. The Morgan fingerprint density at radius 3 is 2.45 bits per heavy atom. The van der Waals surface area contributed by atoms with E-state index in [1.54, 1.807) is 18.8 Å². The Morgan fingerprint density at radius 1 is 1.15 bits per heavy atom. The molecule has 0 saturated carbocycles. The van der Waals surface area contributed by atoms with Gasteiger partial charge in [0, 0.05) is 11.7 Å². The van der Waals surface area contributed by atoms with Crippen LogP contribution < -0.4 is 14.2 Å². The fourth-order valence-corrected chi connectivity index (χ4v) is 3.86. The van der Waals surface area contributed by atoms with Gasteiger partial charge in [-0.1, -0.05) is 18.1 Å². The number of rotatable bonds is 9. The van der Waals surface area contributed by atoms with Crippen LogP contribution in [0.25, 0.3) is 17.1 Å². The Morgan fingerprint density at radius 2 is 1.85 bits per heavy atom. The van der Waals surface area contributed by atoms with Crippen LogP contribution in [0, 0.1) is 12.7 Å². The summed E-state index contributed by atoms with van der Waals surface area (Å²) in [5.74, 6) is 2.19. The molecule has 1 aromatic carbocycles. The molecule has 4 rings (SSSR count). The maximum absolute atomic E-state index is 13.1. The summed E-state index contributed by atoms with van der Waals surface area (Å²) in [7, 11) is 3.17. The number of halogens is 1. The van der Waals surface area contributed by atoms with Gasteiger partial charge in [0.1, 0.15) is 29.3 Å². The first-order chi connectivity index (χ1) is 16.0. The molecule has 0 radical (unpaired) electrons. The van der Waals surface area contributed by atoms with Gasteiger partial charge in [-0.3, -0.25) is 9.29 Å². The van der Waals surface area contributed by atoms with Crippen LogP contribution in [0.4, 0.5) is 10.3 Å². The molecule has 10 nitrogen and oxygen atoms in total. The molecule has 0 bridgehead atoms. The number of anilines is 1. The predicted octanol–water partition coefficient (Wildman–Crippen LogP) is 3.87. The smallest absolute Gasteiger partial charge is 0.239 e. The standard InChI is InChI=1S/C21H22FN7O3S/c1-12(8-18-23-9-14(22)10-24-18)33-28-21-26-25-20(15-11-32-27-13(15)2)29(21)19-16(30-3)6-5-7-17(19)31-4/h5-7,9-12H,8H2,1-4H3,(H,26,28). The summed E-state index contributed by atoms with van der Waals surface area (Å²) >= 11 is 1.41. The number of benzene rings is 1. The van der Waals surface area contributed by atoms with Crippen molar-refractivity contribution in [2.45, 2.75) is 25.5 Å². The molecule has 3 heterocycles. The number of ether oxygens (including phenoxy) is 2. The minimum atomic E-state index is -0.465. The number of nitrogens with one attached hydrogen (secondary N) is 1. The first-order valence-corrected chi connectivity index (χ1v) is 10.9. The van der Waals surface area contributed by atoms with Gasteiger partial charge >= 0.3 is 0 Å². The highest BCUT2D eigenvalue weighted by Gasteiger charge is 2.25. The van der Waals surface area contributed by atoms with E-state index in [2.05, 4.69) is 30.0 Å². The van der Waals surface area contributed by atoms with Crippen LogP contribution in [0.3, 0.4) is 0 Å². The number of aromatic nitrogens is 6. The van der Waals surface area contributed by atoms with Crippen molar-refractivity contribution < 1.29 is 18.4 Å². The van der Waals surface area contributed by atoms with Gasteiger partial charge in [0.05, 0.1) is 37.9 Å². The molecule has 33 heavy (non-hydrogen) atoms. The van der Waals surface area contributed by atoms with Crippen LogP contribution in [0.1, 0.15) is 18.4 Å². The molecule has 0 spiro atoms. The molecule has 12 heteroatoms. The third-order valence-electron chi connectivity index (χ3n) is 4.77. The van der Waals surface area contributed by atoms with Crippen molar-refractivity contribution >= 4 is 17.9 Å². The summed E-state index contributed by atoms with van der Waals surface area (Å²) in [6.45, 7) is 3.82. The van der Waals surface area contributed by atoms with Gasteiger partial charge in [-0.15, -0.1) is 10.2 Å². The monoisotopic (exact) mass is 471 g/mol. The summed E-state index contributed by atoms with van der Waals surface area (Å²) < 4.78 is 34.5. The number of hydrogen-bond donors (Lipinski definition) is 1. The summed E-state index contributed by atoms with van der Waals surface area (Å²) in [6.07, 6.45) is 4.36. The second kappa shape index (κ2) is 9.86. The lowest BCUT2D eigenvalue weighted by atomic mass is 10.2. The molecule has 0 fully saturated rings. The van der Waals surface area contributed by atoms with Crippen LogP contribution in [0.2, 0.25) is 0 Å². The van der Waals surface area contributed by atoms with E-state index < -0.39 is 5.82 Å². The molecule has 1 unspecified atom stereocenters. The molecule has 1 atom stereocenters. The third-order valence-corrected chi connectivity index (χ3v) is 5.64. The second-order valence-corrected chi connectivity index (χ2v) is 8.30. The zero-order valence-electron chi connectivity index (χ0n) is 18.4. The molecule has 0 aliphatic rings. The maximum atomic E-state index is 13.1. The lowest BCUT2D eigenvalue weighted by Gasteiger charge is -2.18. The Kier molecular flexibility index (Phi) is 6.73. The molecule has 172 valence electrons. The van der Waals surface area contributed by atoms with Gasteiger partial charge < -0.3 is 14.0 Å². The lowest BCUT2D eigenvalue weighted by molar-refractivity contribution is 0.391. The van der Waals surface area contributed by atoms with Gasteiger partial charge in [-0.2, -0.15) is 0 Å². The quantitative estimate of drug-likeness (QED) is 0.361. The van der Waals surface area contributed by atoms with E-state index >= 15 is 0 Å². The van der Waals surface area contributed by atoms with Gasteiger partial charge in [0.2, 0.25) is 5.95 Å². The Labute approximate surface area is 193 Å². The zero-order chi connectivity index (χ0) is 23.4. The summed E-state index contributed by atoms with van der Waals surface area (Å²) in [6, 6.07) is 5.49. The number of aryl methyl sites for hydroxylation is 1. The van der Waals surface area contributed by atoms with E-state index in [-0.39, 0.29) is 5.25 Å². The topological polar surface area (TPSA) is 113 Å².